The molecule has 1 aromatic rings. The van der Waals surface area contributed by atoms with Crippen molar-refractivity contribution in [1.82, 2.24) is 0 Å². The lowest BCUT2D eigenvalue weighted by molar-refractivity contribution is -0.148. The predicted octanol–water partition coefficient (Wildman–Crippen LogP) is 2.72. The number of thioether (sulfide) groups is 1. The third kappa shape index (κ3) is 3.23. The molecule has 1 aliphatic rings. The van der Waals surface area contributed by atoms with Crippen molar-refractivity contribution < 1.29 is 14.6 Å². The van der Waals surface area contributed by atoms with E-state index in [9.17, 15) is 4.79 Å². The SMILES string of the molecule is Cc1ccccc1SCC1CCC(C(=O)O)O1. The molecule has 1 N–H and O–H groups in total. The highest BCUT2D eigenvalue weighted by Gasteiger charge is 2.30. The number of carboxylic acid groups (broad SMARTS) is 1. The number of hydrogen-bond acceptors (Lipinski definition) is 3. The maximum Gasteiger partial charge on any atom is 0.332 e. The zero-order valence-corrected chi connectivity index (χ0v) is 10.6. The Hall–Kier alpha value is -1.00. The van der Waals surface area contributed by atoms with Crippen molar-refractivity contribution in [3.05, 3.63) is 29.8 Å². The van der Waals surface area contributed by atoms with Crippen molar-refractivity contribution in [2.24, 2.45) is 0 Å². The van der Waals surface area contributed by atoms with E-state index in [4.69, 9.17) is 9.84 Å². The molecule has 1 heterocycles. The van der Waals surface area contributed by atoms with Crippen molar-refractivity contribution >= 4 is 17.7 Å². The first-order chi connectivity index (χ1) is 8.16. The van der Waals surface area contributed by atoms with Gasteiger partial charge in [0, 0.05) is 10.6 Å². The number of ether oxygens (including phenoxy) is 1. The van der Waals surface area contributed by atoms with E-state index in [1.54, 1.807) is 11.8 Å². The minimum Gasteiger partial charge on any atom is -0.479 e. The fourth-order valence-corrected chi connectivity index (χ4v) is 2.99. The summed E-state index contributed by atoms with van der Waals surface area (Å²) < 4.78 is 5.46. The molecule has 1 fully saturated rings. The van der Waals surface area contributed by atoms with Gasteiger partial charge in [-0.1, -0.05) is 18.2 Å². The van der Waals surface area contributed by atoms with Crippen LogP contribution >= 0.6 is 11.8 Å². The maximum absolute atomic E-state index is 10.7. The van der Waals surface area contributed by atoms with E-state index in [-0.39, 0.29) is 6.10 Å². The smallest absolute Gasteiger partial charge is 0.332 e. The van der Waals surface area contributed by atoms with E-state index in [0.29, 0.717) is 6.42 Å². The second kappa shape index (κ2) is 5.56. The fourth-order valence-electron chi connectivity index (χ4n) is 1.91. The van der Waals surface area contributed by atoms with Gasteiger partial charge in [-0.2, -0.15) is 0 Å². The number of aryl methyl sites for hydroxylation is 1. The van der Waals surface area contributed by atoms with Crippen LogP contribution in [0.3, 0.4) is 0 Å². The highest BCUT2D eigenvalue weighted by molar-refractivity contribution is 7.99. The molecule has 92 valence electrons. The Bertz CT molecular complexity index is 405. The molecule has 17 heavy (non-hydrogen) atoms. The molecule has 3 nitrogen and oxygen atoms in total. The first-order valence-electron chi connectivity index (χ1n) is 5.73. The normalized spacial score (nSPS) is 23.8. The van der Waals surface area contributed by atoms with Gasteiger partial charge in [-0.3, -0.25) is 0 Å². The van der Waals surface area contributed by atoms with Gasteiger partial charge in [0.05, 0.1) is 6.10 Å². The number of carbonyl (C=O) groups is 1. The third-order valence-electron chi connectivity index (χ3n) is 2.90. The van der Waals surface area contributed by atoms with Gasteiger partial charge in [-0.05, 0) is 31.4 Å². The minimum absolute atomic E-state index is 0.0701. The lowest BCUT2D eigenvalue weighted by atomic mass is 10.2. The van der Waals surface area contributed by atoms with Crippen molar-refractivity contribution in [1.29, 1.82) is 0 Å². The Labute approximate surface area is 105 Å². The number of carboxylic acids is 1. The van der Waals surface area contributed by atoms with E-state index in [2.05, 4.69) is 19.1 Å². The summed E-state index contributed by atoms with van der Waals surface area (Å²) >= 11 is 1.74. The zero-order valence-electron chi connectivity index (χ0n) is 9.76. The summed E-state index contributed by atoms with van der Waals surface area (Å²) in [6.07, 6.45) is 0.947. The summed E-state index contributed by atoms with van der Waals surface area (Å²) in [6.45, 7) is 2.08. The van der Waals surface area contributed by atoms with Crippen LogP contribution in [0.4, 0.5) is 0 Å². The van der Waals surface area contributed by atoms with E-state index in [1.807, 2.05) is 12.1 Å². The van der Waals surface area contributed by atoms with Gasteiger partial charge >= 0.3 is 5.97 Å². The van der Waals surface area contributed by atoms with Crippen molar-refractivity contribution in [2.45, 2.75) is 36.9 Å². The monoisotopic (exact) mass is 252 g/mol. The molecule has 4 heteroatoms. The summed E-state index contributed by atoms with van der Waals surface area (Å²) in [5.41, 5.74) is 1.25. The summed E-state index contributed by atoms with van der Waals surface area (Å²) in [4.78, 5) is 12.0. The largest absolute Gasteiger partial charge is 0.479 e. The first-order valence-corrected chi connectivity index (χ1v) is 6.72. The van der Waals surface area contributed by atoms with Crippen LogP contribution in [-0.4, -0.2) is 29.0 Å². The van der Waals surface area contributed by atoms with E-state index in [0.717, 1.165) is 12.2 Å². The third-order valence-corrected chi connectivity index (χ3v) is 4.21. The molecule has 2 unspecified atom stereocenters. The van der Waals surface area contributed by atoms with Crippen molar-refractivity contribution in [2.75, 3.05) is 5.75 Å². The van der Waals surface area contributed by atoms with Crippen LogP contribution in [0.25, 0.3) is 0 Å². The van der Waals surface area contributed by atoms with E-state index >= 15 is 0 Å². The Kier molecular flexibility index (Phi) is 4.07. The van der Waals surface area contributed by atoms with Gasteiger partial charge in [0.25, 0.3) is 0 Å². The van der Waals surface area contributed by atoms with Crippen LogP contribution in [0, 0.1) is 6.92 Å². The molecule has 0 aliphatic carbocycles. The number of hydrogen-bond donors (Lipinski definition) is 1. The molecule has 0 radical (unpaired) electrons. The second-order valence-electron chi connectivity index (χ2n) is 4.24. The Morgan fingerprint density at radius 3 is 2.88 bits per heavy atom. The van der Waals surface area contributed by atoms with Crippen molar-refractivity contribution in [3.8, 4) is 0 Å². The van der Waals surface area contributed by atoms with Gasteiger partial charge in [-0.15, -0.1) is 11.8 Å². The Balaban J connectivity index is 1.84. The summed E-state index contributed by atoms with van der Waals surface area (Å²) in [6, 6.07) is 8.21. The highest BCUT2D eigenvalue weighted by atomic mass is 32.2. The van der Waals surface area contributed by atoms with E-state index in [1.165, 1.54) is 10.5 Å². The van der Waals surface area contributed by atoms with Crippen LogP contribution in [0.2, 0.25) is 0 Å². The summed E-state index contributed by atoms with van der Waals surface area (Å²) in [5, 5.41) is 8.83. The molecule has 1 saturated heterocycles. The van der Waals surface area contributed by atoms with Gasteiger partial charge in [0.2, 0.25) is 0 Å². The first kappa shape index (κ1) is 12.5. The molecule has 0 bridgehead atoms. The van der Waals surface area contributed by atoms with Crippen molar-refractivity contribution in [3.63, 3.8) is 0 Å². The van der Waals surface area contributed by atoms with Crippen LogP contribution in [0.5, 0.6) is 0 Å². The van der Waals surface area contributed by atoms with Crippen LogP contribution < -0.4 is 0 Å². The van der Waals surface area contributed by atoms with Crippen LogP contribution in [0.1, 0.15) is 18.4 Å². The topological polar surface area (TPSA) is 46.5 Å². The molecule has 0 amide bonds. The number of benzene rings is 1. The Morgan fingerprint density at radius 2 is 2.24 bits per heavy atom. The standard InChI is InChI=1S/C13H16O3S/c1-9-4-2-3-5-12(9)17-8-10-6-7-11(16-10)13(14)15/h2-5,10-11H,6-8H2,1H3,(H,14,15). The van der Waals surface area contributed by atoms with Gasteiger partial charge < -0.3 is 9.84 Å². The maximum atomic E-state index is 10.7. The molecular formula is C13H16O3S. The Morgan fingerprint density at radius 1 is 1.47 bits per heavy atom. The summed E-state index contributed by atoms with van der Waals surface area (Å²) in [5.74, 6) is -0.0114. The minimum atomic E-state index is -0.839. The molecule has 0 aromatic heterocycles. The molecule has 2 atom stereocenters. The fraction of sp³-hybridized carbons (Fsp3) is 0.462. The second-order valence-corrected chi connectivity index (χ2v) is 5.30. The van der Waals surface area contributed by atoms with Gasteiger partial charge in [0.1, 0.15) is 0 Å². The zero-order chi connectivity index (χ0) is 12.3. The molecule has 0 saturated carbocycles. The highest BCUT2D eigenvalue weighted by Crippen LogP contribution is 2.28. The average Bonchev–Trinajstić information content (AvgIpc) is 2.77. The lowest BCUT2D eigenvalue weighted by Gasteiger charge is -2.11. The molecule has 1 aliphatic heterocycles. The lowest BCUT2D eigenvalue weighted by Crippen LogP contribution is -2.21. The molecule has 1 aromatic carbocycles. The molecular weight excluding hydrogens is 236 g/mol. The van der Waals surface area contributed by atoms with Gasteiger partial charge in [0.15, 0.2) is 6.10 Å². The predicted molar refractivity (Wildman–Crippen MR) is 67.4 cm³/mol. The average molecular weight is 252 g/mol. The molecule has 0 spiro atoms. The van der Waals surface area contributed by atoms with Gasteiger partial charge in [-0.25, -0.2) is 4.79 Å². The molecule has 2 rings (SSSR count). The quantitative estimate of drug-likeness (QED) is 0.837. The number of aliphatic carboxylic acids is 1. The van der Waals surface area contributed by atoms with E-state index < -0.39 is 12.1 Å². The number of rotatable bonds is 4. The van der Waals surface area contributed by atoms with Crippen LogP contribution in [0.15, 0.2) is 29.2 Å². The summed E-state index contributed by atoms with van der Waals surface area (Å²) in [7, 11) is 0. The van der Waals surface area contributed by atoms with Crippen LogP contribution in [-0.2, 0) is 9.53 Å².